The van der Waals surface area contributed by atoms with Crippen molar-refractivity contribution in [2.24, 2.45) is 0 Å². The summed E-state index contributed by atoms with van der Waals surface area (Å²) in [7, 11) is -7.59. The number of hydrogen-bond donors (Lipinski definition) is 2. The molecule has 0 aliphatic heterocycles. The summed E-state index contributed by atoms with van der Waals surface area (Å²) in [4.78, 5) is 12.5. The third-order valence-electron chi connectivity index (χ3n) is 4.97. The molecule has 0 atom stereocenters. The zero-order chi connectivity index (χ0) is 25.1. The number of carbonyl (C=O) groups excluding carboxylic acids is 1. The Balaban J connectivity index is 1.72. The Morgan fingerprint density at radius 1 is 0.912 bits per heavy atom. The molecule has 0 saturated carbocycles. The normalized spacial score (nSPS) is 11.6. The van der Waals surface area contributed by atoms with Crippen LogP contribution in [0.25, 0.3) is 0 Å². The minimum Gasteiger partial charge on any atom is -0.325 e. The van der Waals surface area contributed by atoms with E-state index in [1.807, 2.05) is 6.92 Å². The first-order valence-corrected chi connectivity index (χ1v) is 13.8. The molecule has 3 aromatic rings. The van der Waals surface area contributed by atoms with E-state index in [1.54, 1.807) is 49.4 Å². The summed E-state index contributed by atoms with van der Waals surface area (Å²) in [6.45, 7) is 3.14. The van der Waals surface area contributed by atoms with Crippen molar-refractivity contribution in [3.63, 3.8) is 0 Å². The number of hydrogen-bond acceptors (Lipinski definition) is 5. The van der Waals surface area contributed by atoms with Crippen molar-refractivity contribution < 1.29 is 21.6 Å². The summed E-state index contributed by atoms with van der Waals surface area (Å²) in [5.74, 6) is -0.575. The van der Waals surface area contributed by atoms with Crippen molar-refractivity contribution in [3.05, 3.63) is 82.9 Å². The van der Waals surface area contributed by atoms with Crippen molar-refractivity contribution in [2.75, 3.05) is 27.1 Å². The Morgan fingerprint density at radius 2 is 1.53 bits per heavy atom. The molecule has 0 radical (unpaired) electrons. The Bertz CT molecular complexity index is 1410. The van der Waals surface area contributed by atoms with Crippen LogP contribution in [0, 0.1) is 13.8 Å². The summed E-state index contributed by atoms with van der Waals surface area (Å²) in [6, 6.07) is 17.2. The quantitative estimate of drug-likeness (QED) is 0.462. The number of halogens is 1. The van der Waals surface area contributed by atoms with Crippen LogP contribution in [-0.4, -0.2) is 35.5 Å². The van der Waals surface area contributed by atoms with Gasteiger partial charge in [0.05, 0.1) is 22.5 Å². The third-order valence-corrected chi connectivity index (χ3v) is 7.90. The van der Waals surface area contributed by atoms with Gasteiger partial charge in [0.2, 0.25) is 15.9 Å². The van der Waals surface area contributed by atoms with Gasteiger partial charge < -0.3 is 5.32 Å². The van der Waals surface area contributed by atoms with Gasteiger partial charge in [-0.05, 0) is 67.9 Å². The highest BCUT2D eigenvalue weighted by Gasteiger charge is 2.21. The lowest BCUT2D eigenvalue weighted by Gasteiger charge is -2.22. The zero-order valence-corrected chi connectivity index (χ0v) is 21.1. The number of amides is 1. The number of nitrogens with one attached hydrogen (secondary N) is 2. The van der Waals surface area contributed by atoms with Gasteiger partial charge in [0.15, 0.2) is 0 Å². The van der Waals surface area contributed by atoms with Crippen LogP contribution >= 0.6 is 11.6 Å². The van der Waals surface area contributed by atoms with Gasteiger partial charge in [-0.25, -0.2) is 16.8 Å². The van der Waals surface area contributed by atoms with Crippen LogP contribution in [0.2, 0.25) is 5.02 Å². The second-order valence-electron chi connectivity index (χ2n) is 7.70. The van der Waals surface area contributed by atoms with Crippen molar-refractivity contribution in [1.82, 2.24) is 0 Å². The number of nitrogens with zero attached hydrogens (tertiary/aromatic N) is 1. The van der Waals surface area contributed by atoms with Gasteiger partial charge in [-0.15, -0.1) is 0 Å². The number of aryl methyl sites for hydroxylation is 1. The maximum absolute atomic E-state index is 12.7. The first-order chi connectivity index (χ1) is 15.9. The summed E-state index contributed by atoms with van der Waals surface area (Å²) < 4.78 is 53.4. The van der Waals surface area contributed by atoms with Crippen LogP contribution in [0.15, 0.2) is 71.6 Å². The number of anilines is 3. The maximum atomic E-state index is 12.7. The van der Waals surface area contributed by atoms with E-state index in [1.165, 1.54) is 24.3 Å². The predicted molar refractivity (Wildman–Crippen MR) is 135 cm³/mol. The molecule has 180 valence electrons. The Labute approximate surface area is 204 Å². The summed E-state index contributed by atoms with van der Waals surface area (Å²) in [5.41, 5.74) is 2.60. The fourth-order valence-corrected chi connectivity index (χ4v) is 5.23. The Kier molecular flexibility index (Phi) is 7.54. The molecule has 34 heavy (non-hydrogen) atoms. The second-order valence-corrected chi connectivity index (χ2v) is 11.7. The highest BCUT2D eigenvalue weighted by molar-refractivity contribution is 7.92. The van der Waals surface area contributed by atoms with Gasteiger partial charge in [-0.2, -0.15) is 0 Å². The molecule has 3 rings (SSSR count). The number of sulfonamides is 2. The van der Waals surface area contributed by atoms with Gasteiger partial charge in [0, 0.05) is 10.7 Å². The molecule has 0 unspecified atom stereocenters. The molecule has 8 nitrogen and oxygen atoms in total. The maximum Gasteiger partial charge on any atom is 0.261 e. The molecule has 2 N–H and O–H groups in total. The molecule has 0 bridgehead atoms. The molecule has 1 amide bonds. The number of rotatable bonds is 8. The van der Waals surface area contributed by atoms with Crippen LogP contribution in [0.5, 0.6) is 0 Å². The molecule has 0 aliphatic rings. The summed E-state index contributed by atoms with van der Waals surface area (Å²) >= 11 is 6.05. The molecular weight excluding hydrogens is 498 g/mol. The van der Waals surface area contributed by atoms with E-state index < -0.39 is 32.5 Å². The van der Waals surface area contributed by atoms with Gasteiger partial charge >= 0.3 is 0 Å². The third kappa shape index (κ3) is 6.28. The molecule has 0 aromatic heterocycles. The summed E-state index contributed by atoms with van der Waals surface area (Å²) in [6.07, 6.45) is 1.02. The van der Waals surface area contributed by atoms with E-state index in [2.05, 4.69) is 10.0 Å². The molecule has 11 heteroatoms. The largest absolute Gasteiger partial charge is 0.325 e. The van der Waals surface area contributed by atoms with E-state index in [0.717, 1.165) is 16.1 Å². The van der Waals surface area contributed by atoms with Crippen LogP contribution in [-0.2, 0) is 24.8 Å². The average molecular weight is 522 g/mol. The van der Waals surface area contributed by atoms with Crippen LogP contribution in [0.4, 0.5) is 17.1 Å². The second kappa shape index (κ2) is 10.0. The van der Waals surface area contributed by atoms with Crippen molar-refractivity contribution in [3.8, 4) is 0 Å². The first kappa shape index (κ1) is 25.5. The zero-order valence-electron chi connectivity index (χ0n) is 18.7. The fourth-order valence-electron chi connectivity index (χ4n) is 3.08. The molecule has 3 aromatic carbocycles. The smallest absolute Gasteiger partial charge is 0.261 e. The monoisotopic (exact) mass is 521 g/mol. The SMILES string of the molecule is Cc1ccc(N(CC(=O)Nc2ccc(S(=O)(=O)Nc3cccc(Cl)c3C)cc2)S(C)(=O)=O)cc1. The molecule has 0 heterocycles. The molecule has 0 saturated heterocycles. The topological polar surface area (TPSA) is 113 Å². The van der Waals surface area contributed by atoms with Gasteiger partial charge in [0.1, 0.15) is 6.54 Å². The Hall–Kier alpha value is -3.08. The minimum absolute atomic E-state index is 0.0118. The van der Waals surface area contributed by atoms with Crippen molar-refractivity contribution >= 4 is 54.6 Å². The number of benzene rings is 3. The van der Waals surface area contributed by atoms with Crippen LogP contribution < -0.4 is 14.3 Å². The van der Waals surface area contributed by atoms with E-state index in [4.69, 9.17) is 11.6 Å². The lowest BCUT2D eigenvalue weighted by molar-refractivity contribution is -0.114. The lowest BCUT2D eigenvalue weighted by atomic mass is 10.2. The van der Waals surface area contributed by atoms with Crippen molar-refractivity contribution in [1.29, 1.82) is 0 Å². The average Bonchev–Trinajstić information content (AvgIpc) is 2.75. The molecule has 0 fully saturated rings. The van der Waals surface area contributed by atoms with Crippen LogP contribution in [0.3, 0.4) is 0 Å². The van der Waals surface area contributed by atoms with Crippen LogP contribution in [0.1, 0.15) is 11.1 Å². The van der Waals surface area contributed by atoms with E-state index in [-0.39, 0.29) is 4.90 Å². The highest BCUT2D eigenvalue weighted by atomic mass is 35.5. The van der Waals surface area contributed by atoms with Gasteiger partial charge in [0.25, 0.3) is 10.0 Å². The summed E-state index contributed by atoms with van der Waals surface area (Å²) in [5, 5.41) is 3.03. The highest BCUT2D eigenvalue weighted by Crippen LogP contribution is 2.26. The first-order valence-electron chi connectivity index (χ1n) is 10.1. The lowest BCUT2D eigenvalue weighted by Crippen LogP contribution is -2.37. The molecule has 0 aliphatic carbocycles. The van der Waals surface area contributed by atoms with E-state index in [9.17, 15) is 21.6 Å². The van der Waals surface area contributed by atoms with Gasteiger partial charge in [-0.1, -0.05) is 35.4 Å². The minimum atomic E-state index is -3.88. The van der Waals surface area contributed by atoms with E-state index in [0.29, 0.717) is 27.6 Å². The van der Waals surface area contributed by atoms with Gasteiger partial charge in [-0.3, -0.25) is 13.8 Å². The predicted octanol–water partition coefficient (Wildman–Crippen LogP) is 4.16. The Morgan fingerprint density at radius 3 is 2.12 bits per heavy atom. The molecular formula is C23H24ClN3O5S2. The fraction of sp³-hybridized carbons (Fsp3) is 0.174. The number of carbonyl (C=O) groups is 1. The van der Waals surface area contributed by atoms with E-state index >= 15 is 0 Å². The molecule has 0 spiro atoms. The van der Waals surface area contributed by atoms with Crippen molar-refractivity contribution in [2.45, 2.75) is 18.7 Å². The standard InChI is InChI=1S/C23H24ClN3O5S2/c1-16-7-11-19(12-8-16)27(33(3,29)30)15-23(28)25-18-9-13-20(14-10-18)34(31,32)26-22-6-4-5-21(24)17(22)2/h4-14,26H,15H2,1-3H3,(H,25,28).